The van der Waals surface area contributed by atoms with Gasteiger partial charge in [-0.3, -0.25) is 9.80 Å². The van der Waals surface area contributed by atoms with Gasteiger partial charge in [-0.1, -0.05) is 103 Å². The fourth-order valence-electron chi connectivity index (χ4n) is 5.59. The lowest BCUT2D eigenvalue weighted by molar-refractivity contribution is 0.559. The molecule has 5 heteroatoms. The van der Waals surface area contributed by atoms with Crippen molar-refractivity contribution in [3.63, 3.8) is 0 Å². The van der Waals surface area contributed by atoms with Crippen LogP contribution in [0, 0.1) is 0 Å². The summed E-state index contributed by atoms with van der Waals surface area (Å²) < 4.78 is 6.49. The van der Waals surface area contributed by atoms with Crippen molar-refractivity contribution >= 4 is 40.4 Å². The zero-order valence-corrected chi connectivity index (χ0v) is 20.1. The first kappa shape index (κ1) is 20.7. The molecule has 0 fully saturated rings. The third-order valence-corrected chi connectivity index (χ3v) is 7.36. The molecule has 0 N–H and O–H groups in total. The molecule has 0 amide bonds. The van der Waals surface area contributed by atoms with Crippen LogP contribution in [0.1, 0.15) is 36.1 Å². The molecule has 0 bridgehead atoms. The van der Waals surface area contributed by atoms with Crippen LogP contribution in [-0.2, 0) is 5.41 Å². The second-order valence-electron chi connectivity index (χ2n) is 9.71. The van der Waals surface area contributed by atoms with Gasteiger partial charge in [0.05, 0.1) is 22.7 Å². The first-order valence-corrected chi connectivity index (χ1v) is 12.1. The van der Waals surface area contributed by atoms with E-state index in [2.05, 4.69) is 108 Å². The molecule has 2 aliphatic heterocycles. The van der Waals surface area contributed by atoms with Crippen LogP contribution in [0.3, 0.4) is 0 Å². The van der Waals surface area contributed by atoms with Gasteiger partial charge >= 0.3 is 12.0 Å². The Labute approximate surface area is 210 Å². The average molecular weight is 469 g/mol. The lowest BCUT2D eigenvalue weighted by Crippen LogP contribution is -2.30. The van der Waals surface area contributed by atoms with E-state index in [0.717, 1.165) is 39.4 Å². The normalized spacial score (nSPS) is 15.1. The third kappa shape index (κ3) is 2.77. The van der Waals surface area contributed by atoms with Crippen LogP contribution < -0.4 is 9.80 Å². The molecule has 0 saturated carbocycles. The summed E-state index contributed by atoms with van der Waals surface area (Å²) in [5.74, 6) is 0. The highest BCUT2D eigenvalue weighted by Gasteiger charge is 2.39. The van der Waals surface area contributed by atoms with Crippen molar-refractivity contribution in [2.24, 2.45) is 0 Å². The molecule has 0 unspecified atom stereocenters. The zero-order chi connectivity index (χ0) is 24.4. The fraction of sp³-hybridized carbons (Fsp3) is 0.0968. The topological polar surface area (TPSA) is 45.4 Å². The van der Waals surface area contributed by atoms with Gasteiger partial charge in [-0.25, -0.2) is 0 Å². The molecule has 0 spiro atoms. The quantitative estimate of drug-likeness (QED) is 0.257. The Morgan fingerprint density at radius 2 is 0.972 bits per heavy atom. The highest BCUT2D eigenvalue weighted by molar-refractivity contribution is 5.99. The van der Waals surface area contributed by atoms with E-state index in [1.807, 2.05) is 29.2 Å². The largest absolute Gasteiger partial charge is 0.388 e. The molecule has 2 aliphatic rings. The summed E-state index contributed by atoms with van der Waals surface area (Å²) in [6.45, 7) is 8.88. The van der Waals surface area contributed by atoms with Crippen molar-refractivity contribution < 1.29 is 4.42 Å². The number of nitrogens with zero attached hydrogens (tertiary/aromatic N) is 4. The maximum Gasteiger partial charge on any atom is 0.328 e. The molecular formula is C31H24N4O. The summed E-state index contributed by atoms with van der Waals surface area (Å²) in [6, 6.07) is 34.1. The minimum absolute atomic E-state index is 0.155. The minimum Gasteiger partial charge on any atom is -0.388 e. The van der Waals surface area contributed by atoms with Crippen LogP contribution in [-0.4, -0.2) is 10.2 Å². The Bertz CT molecular complexity index is 1570. The van der Waals surface area contributed by atoms with E-state index in [1.54, 1.807) is 0 Å². The Balaban J connectivity index is 1.42. The Hall–Kier alpha value is -4.64. The second kappa shape index (κ2) is 7.43. The van der Waals surface area contributed by atoms with Crippen LogP contribution in [0.5, 0.6) is 0 Å². The molecule has 3 heterocycles. The van der Waals surface area contributed by atoms with Gasteiger partial charge in [0.25, 0.3) is 0 Å². The molecule has 5 nitrogen and oxygen atoms in total. The van der Waals surface area contributed by atoms with Gasteiger partial charge in [-0.2, -0.15) is 0 Å². The predicted octanol–water partition coefficient (Wildman–Crippen LogP) is 8.02. The van der Waals surface area contributed by atoms with E-state index in [4.69, 9.17) is 4.42 Å². The maximum absolute atomic E-state index is 6.49. The number of hydrogen-bond donors (Lipinski definition) is 0. The molecule has 5 aromatic rings. The molecule has 174 valence electrons. The van der Waals surface area contributed by atoms with Gasteiger partial charge in [0.1, 0.15) is 0 Å². The molecule has 0 aliphatic carbocycles. The summed E-state index contributed by atoms with van der Waals surface area (Å²) >= 11 is 0. The number of fused-ring (bicyclic) bond motifs is 4. The molecule has 1 aromatic heterocycles. The van der Waals surface area contributed by atoms with Crippen LogP contribution in [0.15, 0.2) is 108 Å². The van der Waals surface area contributed by atoms with Crippen molar-refractivity contribution in [1.82, 2.24) is 10.2 Å². The van der Waals surface area contributed by atoms with Gasteiger partial charge in [-0.05, 0) is 41.0 Å². The summed E-state index contributed by atoms with van der Waals surface area (Å²) in [6.07, 6.45) is 0. The monoisotopic (exact) mass is 468 g/mol. The predicted molar refractivity (Wildman–Crippen MR) is 144 cm³/mol. The SMILES string of the molecule is C=C1c2ccccc2N(c2nnc(N3c4ccccc4C(C)(C)c4ccccc43)o2)c2ccccc21. The van der Waals surface area contributed by atoms with Crippen molar-refractivity contribution in [1.29, 1.82) is 0 Å². The number of aromatic nitrogens is 2. The number of para-hydroxylation sites is 4. The van der Waals surface area contributed by atoms with Gasteiger partial charge in [-0.15, -0.1) is 0 Å². The Morgan fingerprint density at radius 1 is 0.583 bits per heavy atom. The summed E-state index contributed by atoms with van der Waals surface area (Å²) in [7, 11) is 0. The maximum atomic E-state index is 6.49. The molecule has 7 rings (SSSR count). The number of anilines is 6. The molecule has 0 radical (unpaired) electrons. The minimum atomic E-state index is -0.155. The lowest BCUT2D eigenvalue weighted by atomic mass is 9.74. The fourth-order valence-corrected chi connectivity index (χ4v) is 5.59. The highest BCUT2D eigenvalue weighted by atomic mass is 16.4. The van der Waals surface area contributed by atoms with Gasteiger partial charge in [0.15, 0.2) is 0 Å². The summed E-state index contributed by atoms with van der Waals surface area (Å²) in [5, 5.41) is 9.13. The number of benzene rings is 4. The Kier molecular flexibility index (Phi) is 4.27. The van der Waals surface area contributed by atoms with Crippen molar-refractivity contribution in [3.8, 4) is 0 Å². The van der Waals surface area contributed by atoms with E-state index in [9.17, 15) is 0 Å². The molecule has 0 atom stereocenters. The molecular weight excluding hydrogens is 444 g/mol. The van der Waals surface area contributed by atoms with Crippen molar-refractivity contribution in [3.05, 3.63) is 126 Å². The average Bonchev–Trinajstić information content (AvgIpc) is 3.38. The first-order valence-electron chi connectivity index (χ1n) is 12.1. The zero-order valence-electron chi connectivity index (χ0n) is 20.1. The molecule has 36 heavy (non-hydrogen) atoms. The molecule has 0 saturated heterocycles. The van der Waals surface area contributed by atoms with Crippen molar-refractivity contribution in [2.75, 3.05) is 9.80 Å². The van der Waals surface area contributed by atoms with Gasteiger partial charge < -0.3 is 4.42 Å². The van der Waals surface area contributed by atoms with Crippen LogP contribution >= 0.6 is 0 Å². The third-order valence-electron chi connectivity index (χ3n) is 7.36. The van der Waals surface area contributed by atoms with Gasteiger partial charge in [0.2, 0.25) is 0 Å². The summed E-state index contributed by atoms with van der Waals surface area (Å²) in [4.78, 5) is 4.11. The lowest BCUT2D eigenvalue weighted by Gasteiger charge is -2.40. The smallest absolute Gasteiger partial charge is 0.328 e. The van der Waals surface area contributed by atoms with E-state index >= 15 is 0 Å². The second-order valence-corrected chi connectivity index (χ2v) is 9.71. The molecule has 4 aromatic carbocycles. The van der Waals surface area contributed by atoms with E-state index in [-0.39, 0.29) is 5.41 Å². The summed E-state index contributed by atoms with van der Waals surface area (Å²) in [5.41, 5.74) is 9.39. The number of hydrogen-bond acceptors (Lipinski definition) is 5. The highest BCUT2D eigenvalue weighted by Crippen LogP contribution is 2.52. The standard InChI is InChI=1S/C31H24N4O/c1-20-21-12-4-8-16-25(21)34(26-17-9-5-13-22(20)26)29-32-33-30(36-29)35-27-18-10-6-14-23(27)31(2,3)24-15-7-11-19-28(24)35/h4-19H,1H2,2-3H3. The van der Waals surface area contributed by atoms with E-state index in [1.165, 1.54) is 11.1 Å². The number of rotatable bonds is 2. The van der Waals surface area contributed by atoms with E-state index < -0.39 is 0 Å². The first-order chi connectivity index (χ1) is 17.6. The van der Waals surface area contributed by atoms with Crippen LogP contribution in [0.25, 0.3) is 5.57 Å². The van der Waals surface area contributed by atoms with Crippen LogP contribution in [0.2, 0.25) is 0 Å². The van der Waals surface area contributed by atoms with E-state index in [0.29, 0.717) is 12.0 Å². The van der Waals surface area contributed by atoms with Gasteiger partial charge in [0, 0.05) is 16.5 Å². The van der Waals surface area contributed by atoms with Crippen LogP contribution in [0.4, 0.5) is 34.8 Å². The Morgan fingerprint density at radius 3 is 1.47 bits per heavy atom. The van der Waals surface area contributed by atoms with Crippen molar-refractivity contribution in [2.45, 2.75) is 19.3 Å².